The molecule has 1 atom stereocenters. The molecule has 0 radical (unpaired) electrons. The van der Waals surface area contributed by atoms with Crippen molar-refractivity contribution in [3.05, 3.63) is 101 Å². The fourth-order valence-corrected chi connectivity index (χ4v) is 4.09. The molecule has 3 rings (SSSR count). The summed E-state index contributed by atoms with van der Waals surface area (Å²) < 4.78 is 0. The maximum absolute atomic E-state index is 13.0. The van der Waals surface area contributed by atoms with Crippen molar-refractivity contribution in [2.45, 2.75) is 52.0 Å². The van der Waals surface area contributed by atoms with Crippen molar-refractivity contribution in [1.29, 1.82) is 0 Å². The van der Waals surface area contributed by atoms with Gasteiger partial charge in [-0.3, -0.25) is 0 Å². The highest BCUT2D eigenvalue weighted by Gasteiger charge is 2.17. The first kappa shape index (κ1) is 24.5. The number of para-hydroxylation sites is 1. The summed E-state index contributed by atoms with van der Waals surface area (Å²) in [5.74, 6) is 0.835. The summed E-state index contributed by atoms with van der Waals surface area (Å²) >= 11 is 0. The van der Waals surface area contributed by atoms with Crippen LogP contribution in [0.2, 0.25) is 0 Å². The summed E-state index contributed by atoms with van der Waals surface area (Å²) in [4.78, 5) is 13.0. The van der Waals surface area contributed by atoms with Gasteiger partial charge in [0.05, 0.1) is 0 Å². The lowest BCUT2D eigenvalue weighted by molar-refractivity contribution is 0.251. The molecule has 33 heavy (non-hydrogen) atoms. The molecule has 0 aliphatic rings. The Kier molecular flexibility index (Phi) is 9.08. The molecule has 0 aliphatic carbocycles. The van der Waals surface area contributed by atoms with E-state index >= 15 is 0 Å². The van der Waals surface area contributed by atoms with Crippen LogP contribution in [-0.2, 0) is 6.54 Å². The van der Waals surface area contributed by atoms with Gasteiger partial charge in [0, 0.05) is 31.2 Å². The molecule has 0 fully saturated rings. The number of nitrogens with one attached hydrogen (secondary N) is 3. The molecule has 174 valence electrons. The molecule has 3 N–H and O–H groups in total. The molecule has 0 aromatic heterocycles. The van der Waals surface area contributed by atoms with Crippen LogP contribution in [0.15, 0.2) is 78.9 Å². The van der Waals surface area contributed by atoms with Crippen molar-refractivity contribution in [2.75, 3.05) is 18.4 Å². The Bertz CT molecular complexity index is 974. The first-order valence-electron chi connectivity index (χ1n) is 11.9. The van der Waals surface area contributed by atoms with E-state index < -0.39 is 0 Å². The fourth-order valence-electron chi connectivity index (χ4n) is 4.09. The second-order valence-electron chi connectivity index (χ2n) is 9.18. The number of carbonyl (C=O) groups is 1. The minimum atomic E-state index is -0.158. The highest BCUT2D eigenvalue weighted by molar-refractivity contribution is 5.91. The van der Waals surface area contributed by atoms with Crippen molar-refractivity contribution in [2.24, 2.45) is 0 Å². The zero-order valence-corrected chi connectivity index (χ0v) is 20.3. The predicted octanol–water partition coefficient (Wildman–Crippen LogP) is 6.63. The Morgan fingerprint density at radius 2 is 1.30 bits per heavy atom. The number of benzene rings is 3. The Morgan fingerprint density at radius 3 is 1.88 bits per heavy atom. The van der Waals surface area contributed by atoms with E-state index in [1.807, 2.05) is 24.3 Å². The van der Waals surface area contributed by atoms with Gasteiger partial charge in [0.2, 0.25) is 0 Å². The number of carbonyl (C=O) groups excluding carboxylic acids is 1. The van der Waals surface area contributed by atoms with E-state index in [1.165, 1.54) is 22.3 Å². The van der Waals surface area contributed by atoms with Crippen LogP contribution >= 0.6 is 0 Å². The minimum absolute atomic E-state index is 0.158. The quantitative estimate of drug-likeness (QED) is 0.329. The molecule has 3 aromatic rings. The van der Waals surface area contributed by atoms with Crippen LogP contribution in [0.3, 0.4) is 0 Å². The SMILES string of the molecule is CC(C)c1cccc(C(C)C)c1NC(=O)NCC(CNCc1ccccc1)c1ccccc1. The Labute approximate surface area is 198 Å². The molecule has 0 aliphatic heterocycles. The summed E-state index contributed by atoms with van der Waals surface area (Å²) in [5.41, 5.74) is 5.74. The van der Waals surface area contributed by atoms with Gasteiger partial charge in [-0.05, 0) is 34.1 Å². The molecule has 2 amide bonds. The molecular weight excluding hydrogens is 406 g/mol. The van der Waals surface area contributed by atoms with Crippen molar-refractivity contribution < 1.29 is 4.79 Å². The largest absolute Gasteiger partial charge is 0.337 e. The third-order valence-electron chi connectivity index (χ3n) is 5.95. The first-order chi connectivity index (χ1) is 16.0. The predicted molar refractivity (Wildman–Crippen MR) is 139 cm³/mol. The van der Waals surface area contributed by atoms with Crippen molar-refractivity contribution in [3.8, 4) is 0 Å². The molecule has 4 nitrogen and oxygen atoms in total. The molecule has 0 saturated heterocycles. The number of amides is 2. The van der Waals surface area contributed by atoms with Crippen LogP contribution in [0.1, 0.15) is 67.7 Å². The first-order valence-corrected chi connectivity index (χ1v) is 11.9. The van der Waals surface area contributed by atoms with Gasteiger partial charge in [-0.1, -0.05) is 107 Å². The molecule has 1 unspecified atom stereocenters. The average Bonchev–Trinajstić information content (AvgIpc) is 2.82. The lowest BCUT2D eigenvalue weighted by atomic mass is 9.93. The van der Waals surface area contributed by atoms with Gasteiger partial charge in [0.25, 0.3) is 0 Å². The third kappa shape index (κ3) is 7.19. The number of rotatable bonds is 10. The number of hydrogen-bond acceptors (Lipinski definition) is 2. The van der Waals surface area contributed by atoms with Crippen molar-refractivity contribution in [3.63, 3.8) is 0 Å². The summed E-state index contributed by atoms with van der Waals surface area (Å²) in [5, 5.41) is 9.83. The van der Waals surface area contributed by atoms with Crippen LogP contribution in [0.5, 0.6) is 0 Å². The van der Waals surface area contributed by atoms with E-state index in [0.717, 1.165) is 18.8 Å². The molecule has 0 spiro atoms. The van der Waals surface area contributed by atoms with Gasteiger partial charge in [-0.2, -0.15) is 0 Å². The van der Waals surface area contributed by atoms with Crippen LogP contribution in [0.25, 0.3) is 0 Å². The lowest BCUT2D eigenvalue weighted by Crippen LogP contribution is -2.36. The van der Waals surface area contributed by atoms with E-state index in [0.29, 0.717) is 18.4 Å². The van der Waals surface area contributed by atoms with E-state index in [9.17, 15) is 4.79 Å². The highest BCUT2D eigenvalue weighted by atomic mass is 16.2. The summed E-state index contributed by atoms with van der Waals surface area (Å²) in [6, 6.07) is 26.9. The zero-order valence-electron chi connectivity index (χ0n) is 20.3. The lowest BCUT2D eigenvalue weighted by Gasteiger charge is -2.22. The monoisotopic (exact) mass is 443 g/mol. The van der Waals surface area contributed by atoms with E-state index in [4.69, 9.17) is 0 Å². The molecule has 0 bridgehead atoms. The third-order valence-corrected chi connectivity index (χ3v) is 5.95. The summed E-state index contributed by atoms with van der Waals surface area (Å²) in [6.45, 7) is 10.8. The molecular formula is C29H37N3O. The zero-order chi connectivity index (χ0) is 23.6. The fraction of sp³-hybridized carbons (Fsp3) is 0.345. The Balaban J connectivity index is 1.66. The van der Waals surface area contributed by atoms with Gasteiger partial charge in [-0.15, -0.1) is 0 Å². The standard InChI is InChI=1S/C29H37N3O/c1-21(2)26-16-11-17-27(22(3)4)28(26)32-29(33)31-20-25(24-14-9-6-10-15-24)19-30-18-23-12-7-5-8-13-23/h5-17,21-22,25,30H,18-20H2,1-4H3,(H2,31,32,33). The van der Waals surface area contributed by atoms with E-state index in [-0.39, 0.29) is 11.9 Å². The van der Waals surface area contributed by atoms with Gasteiger partial charge in [0.1, 0.15) is 0 Å². The molecule has 0 saturated carbocycles. The van der Waals surface area contributed by atoms with Crippen LogP contribution in [0, 0.1) is 0 Å². The van der Waals surface area contributed by atoms with Crippen molar-refractivity contribution >= 4 is 11.7 Å². The normalized spacial score (nSPS) is 12.1. The smallest absolute Gasteiger partial charge is 0.319 e. The van der Waals surface area contributed by atoms with Gasteiger partial charge < -0.3 is 16.0 Å². The Hall–Kier alpha value is -3.11. The molecule has 4 heteroatoms. The van der Waals surface area contributed by atoms with E-state index in [2.05, 4.69) is 98.2 Å². The number of anilines is 1. The number of urea groups is 1. The van der Waals surface area contributed by atoms with Gasteiger partial charge >= 0.3 is 6.03 Å². The van der Waals surface area contributed by atoms with Gasteiger partial charge in [0.15, 0.2) is 0 Å². The van der Waals surface area contributed by atoms with E-state index in [1.54, 1.807) is 0 Å². The second kappa shape index (κ2) is 12.2. The van der Waals surface area contributed by atoms with Crippen LogP contribution < -0.4 is 16.0 Å². The average molecular weight is 444 g/mol. The van der Waals surface area contributed by atoms with Crippen LogP contribution in [-0.4, -0.2) is 19.1 Å². The molecule has 3 aromatic carbocycles. The van der Waals surface area contributed by atoms with Crippen molar-refractivity contribution in [1.82, 2.24) is 10.6 Å². The minimum Gasteiger partial charge on any atom is -0.337 e. The topological polar surface area (TPSA) is 53.2 Å². The second-order valence-corrected chi connectivity index (χ2v) is 9.18. The Morgan fingerprint density at radius 1 is 0.727 bits per heavy atom. The van der Waals surface area contributed by atoms with Gasteiger partial charge in [-0.25, -0.2) is 4.79 Å². The van der Waals surface area contributed by atoms with Crippen LogP contribution in [0.4, 0.5) is 10.5 Å². The number of hydrogen-bond donors (Lipinski definition) is 3. The highest BCUT2D eigenvalue weighted by Crippen LogP contribution is 2.32. The summed E-state index contributed by atoms with van der Waals surface area (Å²) in [6.07, 6.45) is 0. The maximum Gasteiger partial charge on any atom is 0.319 e. The molecule has 0 heterocycles. The summed E-state index contributed by atoms with van der Waals surface area (Å²) in [7, 11) is 0. The maximum atomic E-state index is 13.0.